The average Bonchev–Trinajstić information content (AvgIpc) is 2.25. The third-order valence-corrected chi connectivity index (χ3v) is 2.65. The molecule has 0 fully saturated rings. The zero-order valence-electron chi connectivity index (χ0n) is 9.49. The summed E-state index contributed by atoms with van der Waals surface area (Å²) < 4.78 is 38.1. The Morgan fingerprint density at radius 1 is 1.41 bits per heavy atom. The molecule has 0 spiro atoms. The number of aromatic nitrogens is 1. The average molecular weight is 247 g/mol. The van der Waals surface area contributed by atoms with E-state index in [2.05, 4.69) is 4.98 Å². The van der Waals surface area contributed by atoms with Gasteiger partial charge in [-0.15, -0.1) is 0 Å². The first kappa shape index (κ1) is 14.0. The van der Waals surface area contributed by atoms with Crippen LogP contribution in [0.1, 0.15) is 37.4 Å². The van der Waals surface area contributed by atoms with Gasteiger partial charge in [0.25, 0.3) is 0 Å². The molecule has 1 unspecified atom stereocenters. The van der Waals surface area contributed by atoms with E-state index in [1.54, 1.807) is 13.8 Å². The molecule has 0 aliphatic rings. The Morgan fingerprint density at radius 2 is 2.00 bits per heavy atom. The van der Waals surface area contributed by atoms with Gasteiger partial charge in [-0.3, -0.25) is 4.98 Å². The molecule has 0 aliphatic carbocycles. The van der Waals surface area contributed by atoms with E-state index in [4.69, 9.17) is 10.0 Å². The molecule has 0 aromatic carbocycles. The van der Waals surface area contributed by atoms with Gasteiger partial charge < -0.3 is 10.0 Å². The molecule has 1 rings (SSSR count). The van der Waals surface area contributed by atoms with Gasteiger partial charge in [0, 0.05) is 11.7 Å². The second-order valence-corrected chi connectivity index (χ2v) is 3.89. The van der Waals surface area contributed by atoms with Crippen molar-refractivity contribution in [1.29, 1.82) is 0 Å². The lowest BCUT2D eigenvalue weighted by Gasteiger charge is -2.17. The summed E-state index contributed by atoms with van der Waals surface area (Å²) in [7, 11) is -1.81. The molecule has 0 saturated carbocycles. The minimum atomic E-state index is -4.53. The summed E-state index contributed by atoms with van der Waals surface area (Å²) in [4.78, 5) is 3.30. The van der Waals surface area contributed by atoms with Crippen molar-refractivity contribution >= 4 is 12.6 Å². The van der Waals surface area contributed by atoms with Crippen LogP contribution in [0.3, 0.4) is 0 Å². The van der Waals surface area contributed by atoms with Crippen LogP contribution in [0, 0.1) is 0 Å². The van der Waals surface area contributed by atoms with Gasteiger partial charge in [0.05, 0.1) is 0 Å². The molecule has 17 heavy (non-hydrogen) atoms. The molecule has 2 N–H and O–H groups in total. The maximum absolute atomic E-state index is 12.7. The Morgan fingerprint density at radius 3 is 2.41 bits per heavy atom. The van der Waals surface area contributed by atoms with Crippen LogP contribution in [0.25, 0.3) is 0 Å². The highest BCUT2D eigenvalue weighted by molar-refractivity contribution is 6.58. The monoisotopic (exact) mass is 247 g/mol. The van der Waals surface area contributed by atoms with E-state index in [-0.39, 0.29) is 16.9 Å². The van der Waals surface area contributed by atoms with Crippen LogP contribution in [0.2, 0.25) is 0 Å². The fourth-order valence-electron chi connectivity index (χ4n) is 1.47. The van der Waals surface area contributed by atoms with E-state index >= 15 is 0 Å². The number of hydrogen-bond acceptors (Lipinski definition) is 3. The number of pyridine rings is 1. The highest BCUT2D eigenvalue weighted by Crippen LogP contribution is 2.33. The number of nitrogens with zero attached hydrogens (tertiary/aromatic N) is 1. The summed E-state index contributed by atoms with van der Waals surface area (Å²) in [6.45, 7) is 3.40. The molecule has 94 valence electrons. The van der Waals surface area contributed by atoms with Gasteiger partial charge in [-0.25, -0.2) is 0 Å². The largest absolute Gasteiger partial charge is 0.490 e. The van der Waals surface area contributed by atoms with Crippen LogP contribution in [0.5, 0.6) is 0 Å². The first-order valence-electron chi connectivity index (χ1n) is 5.20. The number of hydrogen-bond donors (Lipinski definition) is 2. The predicted octanol–water partition coefficient (Wildman–Crippen LogP) is 1.29. The molecule has 1 atom stereocenters. The van der Waals surface area contributed by atoms with Crippen LogP contribution in [-0.4, -0.2) is 22.2 Å². The number of rotatable bonds is 3. The van der Waals surface area contributed by atoms with Gasteiger partial charge in [0.1, 0.15) is 5.69 Å². The molecule has 3 nitrogen and oxygen atoms in total. The van der Waals surface area contributed by atoms with Crippen molar-refractivity contribution in [1.82, 2.24) is 4.98 Å². The van der Waals surface area contributed by atoms with Crippen LogP contribution in [-0.2, 0) is 6.18 Å². The first-order valence-corrected chi connectivity index (χ1v) is 5.20. The zero-order chi connectivity index (χ0) is 13.2. The Hall–Kier alpha value is -1.08. The molecular formula is C10H13BF3NO2. The molecule has 7 heteroatoms. The van der Waals surface area contributed by atoms with Gasteiger partial charge in [-0.2, -0.15) is 13.2 Å². The first-order chi connectivity index (χ1) is 7.77. The van der Waals surface area contributed by atoms with Crippen molar-refractivity contribution in [2.45, 2.75) is 32.4 Å². The molecule has 1 aromatic heterocycles. The summed E-state index contributed by atoms with van der Waals surface area (Å²) in [5, 5.41) is 17.9. The van der Waals surface area contributed by atoms with Crippen LogP contribution >= 0.6 is 0 Å². The Kier molecular flexibility index (Phi) is 4.16. The lowest BCUT2D eigenvalue weighted by molar-refractivity contribution is -0.142. The second kappa shape index (κ2) is 5.06. The SMILES string of the molecule is CCC(C)c1cc(B(O)O)cnc1C(F)(F)F. The Labute approximate surface area is 97.5 Å². The van der Waals surface area contributed by atoms with Gasteiger partial charge >= 0.3 is 13.3 Å². The number of halogens is 3. The summed E-state index contributed by atoms with van der Waals surface area (Å²) in [5.41, 5.74) is -1.00. The standard InChI is InChI=1S/C10H13BF3NO2/c1-3-6(2)8-4-7(11(16)17)5-15-9(8)10(12,13)14/h4-6,16-17H,3H2,1-2H3. The van der Waals surface area contributed by atoms with Crippen molar-refractivity contribution in [2.24, 2.45) is 0 Å². The van der Waals surface area contributed by atoms with E-state index in [9.17, 15) is 13.2 Å². The van der Waals surface area contributed by atoms with E-state index in [1.807, 2.05) is 0 Å². The fraction of sp³-hybridized carbons (Fsp3) is 0.500. The smallest absolute Gasteiger partial charge is 0.423 e. The van der Waals surface area contributed by atoms with E-state index < -0.39 is 19.0 Å². The third kappa shape index (κ3) is 3.20. The van der Waals surface area contributed by atoms with Crippen LogP contribution in [0.4, 0.5) is 13.2 Å². The fourth-order valence-corrected chi connectivity index (χ4v) is 1.47. The van der Waals surface area contributed by atoms with Gasteiger partial charge in [-0.1, -0.05) is 19.9 Å². The van der Waals surface area contributed by atoms with Gasteiger partial charge in [0.15, 0.2) is 0 Å². The molecule has 1 heterocycles. The normalized spacial score (nSPS) is 13.6. The minimum absolute atomic E-state index is 0.00870. The molecule has 0 aliphatic heterocycles. The Balaban J connectivity index is 3.32. The highest BCUT2D eigenvalue weighted by Gasteiger charge is 2.36. The van der Waals surface area contributed by atoms with E-state index in [0.29, 0.717) is 6.42 Å². The Bertz CT molecular complexity index is 396. The topological polar surface area (TPSA) is 53.4 Å². The van der Waals surface area contributed by atoms with Crippen LogP contribution < -0.4 is 5.46 Å². The molecule has 0 amide bonds. The quantitative estimate of drug-likeness (QED) is 0.791. The molecule has 0 radical (unpaired) electrons. The van der Waals surface area contributed by atoms with Gasteiger partial charge in [-0.05, 0) is 17.9 Å². The van der Waals surface area contributed by atoms with Gasteiger partial charge in [0.2, 0.25) is 0 Å². The second-order valence-electron chi connectivity index (χ2n) is 3.89. The van der Waals surface area contributed by atoms with Crippen molar-refractivity contribution in [3.8, 4) is 0 Å². The number of alkyl halides is 3. The minimum Gasteiger partial charge on any atom is -0.423 e. The third-order valence-electron chi connectivity index (χ3n) is 2.65. The molecule has 1 aromatic rings. The lowest BCUT2D eigenvalue weighted by Crippen LogP contribution is -2.32. The molecule has 0 saturated heterocycles. The van der Waals surface area contributed by atoms with E-state index in [1.165, 1.54) is 0 Å². The van der Waals surface area contributed by atoms with Crippen LogP contribution in [0.15, 0.2) is 12.3 Å². The maximum atomic E-state index is 12.7. The lowest BCUT2D eigenvalue weighted by atomic mass is 9.79. The van der Waals surface area contributed by atoms with Crippen molar-refractivity contribution in [3.05, 3.63) is 23.5 Å². The van der Waals surface area contributed by atoms with E-state index in [0.717, 1.165) is 12.3 Å². The zero-order valence-corrected chi connectivity index (χ0v) is 9.49. The summed E-state index contributed by atoms with van der Waals surface area (Å²) >= 11 is 0. The predicted molar refractivity (Wildman–Crippen MR) is 57.8 cm³/mol. The summed E-state index contributed by atoms with van der Waals surface area (Å²) in [6.07, 6.45) is -3.19. The molecular weight excluding hydrogens is 234 g/mol. The summed E-state index contributed by atoms with van der Waals surface area (Å²) in [5.74, 6) is -0.349. The molecule has 0 bridgehead atoms. The summed E-state index contributed by atoms with van der Waals surface area (Å²) in [6, 6.07) is 1.15. The van der Waals surface area contributed by atoms with Crippen molar-refractivity contribution in [2.75, 3.05) is 0 Å². The highest BCUT2D eigenvalue weighted by atomic mass is 19.4. The maximum Gasteiger partial charge on any atom is 0.490 e. The van der Waals surface area contributed by atoms with Crippen molar-refractivity contribution < 1.29 is 23.2 Å². The van der Waals surface area contributed by atoms with Crippen molar-refractivity contribution in [3.63, 3.8) is 0 Å².